The first-order valence-corrected chi connectivity index (χ1v) is 34.5. The molecule has 0 spiro atoms. The van der Waals surface area contributed by atoms with E-state index in [4.69, 9.17) is 0 Å². The minimum absolute atomic E-state index is 1.45. The Kier molecular flexibility index (Phi) is 20.2. The molecule has 0 atom stereocenters. The number of hydrogen-bond donors (Lipinski definition) is 0. The van der Waals surface area contributed by atoms with Gasteiger partial charge in [-0.05, 0) is 0 Å². The summed E-state index contributed by atoms with van der Waals surface area (Å²) in [4.78, 5) is 0. The Balaban J connectivity index is 5.66. The van der Waals surface area contributed by atoms with Gasteiger partial charge in [0.05, 0.1) is 0 Å². The molecule has 0 amide bonds. The van der Waals surface area contributed by atoms with E-state index < -0.39 is 35.7 Å². The number of rotatable bonds is 20. The zero-order valence-electron chi connectivity index (χ0n) is 20.2. The van der Waals surface area contributed by atoms with Crippen LogP contribution in [-0.2, 0) is 0 Å². The third kappa shape index (κ3) is 13.1. The van der Waals surface area contributed by atoms with E-state index in [1.807, 2.05) is 0 Å². The van der Waals surface area contributed by atoms with E-state index in [1.165, 1.54) is 38.5 Å². The zero-order chi connectivity index (χ0) is 20.4. The Morgan fingerprint density at radius 2 is 0.556 bits per heavy atom. The molecule has 3 heteroatoms. The van der Waals surface area contributed by atoms with Crippen LogP contribution in [0.3, 0.4) is 0 Å². The molecule has 0 saturated carbocycles. The van der Waals surface area contributed by atoms with Crippen LogP contribution in [0, 0.1) is 0 Å². The maximum absolute atomic E-state index is 2.45. The fourth-order valence-electron chi connectivity index (χ4n) is 4.78. The van der Waals surface area contributed by atoms with Crippen molar-refractivity contribution in [3.8, 4) is 0 Å². The molecule has 0 N–H and O–H groups in total. The first kappa shape index (κ1) is 29.0. The van der Waals surface area contributed by atoms with Gasteiger partial charge in [-0.1, -0.05) is 0 Å². The SMILES string of the molecule is CCC[CH2][Sn]([CH2]CCC)([CH2]CCC)[PH][Sn]([CH2]CCC)([CH2]CCC)[CH2]CCC. The van der Waals surface area contributed by atoms with E-state index >= 15 is 0 Å². The zero-order valence-corrected chi connectivity index (χ0v) is 26.9. The molecule has 0 aliphatic rings. The molecule has 0 aromatic heterocycles. The summed E-state index contributed by atoms with van der Waals surface area (Å²) in [5.74, 6) is 0. The van der Waals surface area contributed by atoms with Crippen molar-refractivity contribution in [3.63, 3.8) is 0 Å². The molecule has 164 valence electrons. The van der Waals surface area contributed by atoms with Gasteiger partial charge in [-0.2, -0.15) is 0 Å². The Labute approximate surface area is 183 Å². The van der Waals surface area contributed by atoms with Crippen LogP contribution >= 0.6 is 3.89 Å². The van der Waals surface area contributed by atoms with Gasteiger partial charge in [-0.3, -0.25) is 0 Å². The van der Waals surface area contributed by atoms with E-state index in [0.29, 0.717) is 0 Å². The van der Waals surface area contributed by atoms with Crippen molar-refractivity contribution in [1.82, 2.24) is 0 Å². The molecule has 27 heavy (non-hydrogen) atoms. The van der Waals surface area contributed by atoms with Gasteiger partial charge >= 0.3 is 185 Å². The number of hydrogen-bond acceptors (Lipinski definition) is 0. The second-order valence-corrected chi connectivity index (χ2v) is 63.5. The summed E-state index contributed by atoms with van der Waals surface area (Å²) >= 11 is -3.87. The van der Waals surface area contributed by atoms with Crippen LogP contribution in [0.2, 0.25) is 26.6 Å². The molecule has 0 saturated heterocycles. The normalized spacial score (nSPS) is 12.7. The summed E-state index contributed by atoms with van der Waals surface area (Å²) in [5.41, 5.74) is 0. The average Bonchev–Trinajstić information content (AvgIpc) is 2.70. The molecule has 0 aliphatic carbocycles. The van der Waals surface area contributed by atoms with Gasteiger partial charge < -0.3 is 0 Å². The van der Waals surface area contributed by atoms with Crippen molar-refractivity contribution in [1.29, 1.82) is 0 Å². The van der Waals surface area contributed by atoms with Gasteiger partial charge in [0.25, 0.3) is 0 Å². The Hall–Kier alpha value is 2.03. The Bertz CT molecular complexity index is 246. The fourth-order valence-corrected chi connectivity index (χ4v) is 159. The predicted molar refractivity (Wildman–Crippen MR) is 138 cm³/mol. The molecule has 0 bridgehead atoms. The molecule has 0 nitrogen and oxygen atoms in total. The minimum atomic E-state index is -1.93. The number of unbranched alkanes of at least 4 members (excludes halogenated alkanes) is 6. The summed E-state index contributed by atoms with van der Waals surface area (Å²) in [6, 6.07) is 0. The molecule has 0 aromatic rings. The van der Waals surface area contributed by atoms with Gasteiger partial charge in [0.15, 0.2) is 0 Å². The topological polar surface area (TPSA) is 0 Å². The third-order valence-corrected chi connectivity index (χ3v) is 110. The van der Waals surface area contributed by atoms with Crippen LogP contribution in [0.5, 0.6) is 0 Å². The molecular formula is C24H55PSn2. The van der Waals surface area contributed by atoms with Gasteiger partial charge in [0, 0.05) is 0 Å². The molecule has 0 heterocycles. The summed E-state index contributed by atoms with van der Waals surface area (Å²) in [6.45, 7) is 14.7. The van der Waals surface area contributed by atoms with Gasteiger partial charge in [-0.25, -0.2) is 0 Å². The van der Waals surface area contributed by atoms with Gasteiger partial charge in [-0.15, -0.1) is 0 Å². The maximum atomic E-state index is 2.45. The summed E-state index contributed by atoms with van der Waals surface area (Å²) in [7, 11) is 0. The van der Waals surface area contributed by atoms with Crippen molar-refractivity contribution in [2.75, 3.05) is 0 Å². The van der Waals surface area contributed by atoms with Crippen LogP contribution in [0.1, 0.15) is 119 Å². The van der Waals surface area contributed by atoms with E-state index in [2.05, 4.69) is 41.5 Å². The Morgan fingerprint density at radius 1 is 0.370 bits per heavy atom. The standard InChI is InChI=1S/6C4H9.HP.2Sn/c6*1-3-4-2;;;/h6*1,3-4H2,2H3;1H;;. The van der Waals surface area contributed by atoms with Crippen LogP contribution in [0.4, 0.5) is 0 Å². The van der Waals surface area contributed by atoms with Crippen molar-refractivity contribution < 1.29 is 0 Å². The van der Waals surface area contributed by atoms with Crippen molar-refractivity contribution in [3.05, 3.63) is 0 Å². The van der Waals surface area contributed by atoms with E-state index in [9.17, 15) is 0 Å². The predicted octanol–water partition coefficient (Wildman–Crippen LogP) is 10.4. The average molecular weight is 612 g/mol. The molecule has 0 radical (unpaired) electrons. The van der Waals surface area contributed by atoms with Crippen LogP contribution in [-0.4, -0.2) is 35.7 Å². The van der Waals surface area contributed by atoms with E-state index in [1.54, 1.807) is 69.0 Å². The molecular weight excluding hydrogens is 557 g/mol. The second-order valence-electron chi connectivity index (χ2n) is 9.31. The van der Waals surface area contributed by atoms with Crippen LogP contribution in [0.15, 0.2) is 0 Å². The van der Waals surface area contributed by atoms with Gasteiger partial charge in [0.1, 0.15) is 0 Å². The second kappa shape index (κ2) is 18.8. The molecule has 0 rings (SSSR count). The summed E-state index contributed by atoms with van der Waals surface area (Å²) in [6.07, 6.45) is 18.1. The van der Waals surface area contributed by atoms with Crippen molar-refractivity contribution >= 4 is 39.5 Å². The summed E-state index contributed by atoms with van der Waals surface area (Å²) < 4.78 is 12.3. The molecule has 0 aromatic carbocycles. The quantitative estimate of drug-likeness (QED) is 0.0949. The monoisotopic (exact) mass is 614 g/mol. The first-order valence-electron chi connectivity index (χ1n) is 12.9. The van der Waals surface area contributed by atoms with Crippen molar-refractivity contribution in [2.45, 2.75) is 145 Å². The first-order chi connectivity index (χ1) is 13.1. The molecule has 0 aliphatic heterocycles. The van der Waals surface area contributed by atoms with Gasteiger partial charge in [0.2, 0.25) is 0 Å². The Morgan fingerprint density at radius 3 is 0.704 bits per heavy atom. The fraction of sp³-hybridized carbons (Fsp3) is 1.00. The molecule has 0 fully saturated rings. The van der Waals surface area contributed by atoms with Crippen molar-refractivity contribution in [2.24, 2.45) is 0 Å². The third-order valence-electron chi connectivity index (χ3n) is 6.58. The van der Waals surface area contributed by atoms with E-state index in [0.717, 1.165) is 0 Å². The molecule has 0 unspecified atom stereocenters. The summed E-state index contributed by atoms with van der Waals surface area (Å²) in [5, 5.41) is 0. The van der Waals surface area contributed by atoms with Crippen LogP contribution < -0.4 is 0 Å². The van der Waals surface area contributed by atoms with E-state index in [-0.39, 0.29) is 0 Å². The van der Waals surface area contributed by atoms with Crippen LogP contribution in [0.25, 0.3) is 0 Å².